The summed E-state index contributed by atoms with van der Waals surface area (Å²) >= 11 is 0. The van der Waals surface area contributed by atoms with Gasteiger partial charge < -0.3 is 4.74 Å². The number of hydrogen-bond donors (Lipinski definition) is 0. The van der Waals surface area contributed by atoms with Crippen LogP contribution in [0.3, 0.4) is 0 Å². The van der Waals surface area contributed by atoms with Crippen molar-refractivity contribution in [2.45, 2.75) is 52.2 Å². The van der Waals surface area contributed by atoms with Crippen LogP contribution in [-0.2, 0) is 0 Å². The maximum atomic E-state index is 6.92. The average Bonchev–Trinajstić information content (AvgIpc) is 2.87. The molecule has 0 N–H and O–H groups in total. The Morgan fingerprint density at radius 3 is 2.74 bits per heavy atom. The molecule has 2 aromatic heterocycles. The maximum Gasteiger partial charge on any atom is 0.214 e. The SMILES string of the molecule is CCC1CN2CCC1C[C@@H]2[C@@H](Oc1cc(C)c2ccccc2n1)c1ccnc2ccc(C)cc12. The van der Waals surface area contributed by atoms with Crippen molar-refractivity contribution in [2.24, 2.45) is 11.8 Å². The summed E-state index contributed by atoms with van der Waals surface area (Å²) in [6, 6.07) is 19.5. The summed E-state index contributed by atoms with van der Waals surface area (Å²) in [5.74, 6) is 2.31. The summed E-state index contributed by atoms with van der Waals surface area (Å²) in [4.78, 5) is 12.3. The van der Waals surface area contributed by atoms with Gasteiger partial charge in [-0.25, -0.2) is 4.98 Å². The van der Waals surface area contributed by atoms with Crippen molar-refractivity contribution in [3.8, 4) is 5.88 Å². The van der Waals surface area contributed by atoms with Crippen molar-refractivity contribution in [3.63, 3.8) is 0 Å². The van der Waals surface area contributed by atoms with Crippen molar-refractivity contribution >= 4 is 21.8 Å². The first kappa shape index (κ1) is 21.5. The molecule has 2 bridgehead atoms. The number of ether oxygens (including phenoxy) is 1. The molecule has 4 heteroatoms. The van der Waals surface area contributed by atoms with Crippen LogP contribution in [0, 0.1) is 25.7 Å². The Morgan fingerprint density at radius 1 is 1.03 bits per heavy atom. The highest BCUT2D eigenvalue weighted by molar-refractivity contribution is 5.84. The number of para-hydroxylation sites is 1. The van der Waals surface area contributed by atoms with Crippen molar-refractivity contribution in [3.05, 3.63) is 77.5 Å². The molecule has 3 unspecified atom stereocenters. The zero-order valence-electron chi connectivity index (χ0n) is 20.4. The summed E-state index contributed by atoms with van der Waals surface area (Å²) in [6.07, 6.45) is 5.62. The van der Waals surface area contributed by atoms with Crippen LogP contribution in [0.25, 0.3) is 21.8 Å². The minimum atomic E-state index is -0.0824. The van der Waals surface area contributed by atoms with E-state index in [-0.39, 0.29) is 6.10 Å². The van der Waals surface area contributed by atoms with Crippen LogP contribution >= 0.6 is 0 Å². The molecule has 0 aliphatic carbocycles. The number of aryl methyl sites for hydroxylation is 2. The van der Waals surface area contributed by atoms with Crippen LogP contribution < -0.4 is 4.74 Å². The monoisotopic (exact) mass is 451 g/mol. The predicted molar refractivity (Wildman–Crippen MR) is 138 cm³/mol. The lowest BCUT2D eigenvalue weighted by atomic mass is 9.72. The number of benzene rings is 2. The zero-order chi connectivity index (χ0) is 23.2. The minimum Gasteiger partial charge on any atom is -0.468 e. The Bertz CT molecular complexity index is 1350. The van der Waals surface area contributed by atoms with Gasteiger partial charge in [0, 0.05) is 35.1 Å². The number of pyridine rings is 2. The van der Waals surface area contributed by atoms with Gasteiger partial charge in [0.2, 0.25) is 5.88 Å². The Labute approximate surface area is 202 Å². The number of aromatic nitrogens is 2. The fraction of sp³-hybridized carbons (Fsp3) is 0.400. The van der Waals surface area contributed by atoms with Crippen molar-refractivity contribution in [1.29, 1.82) is 0 Å². The normalized spacial score (nSPS) is 25.0. The minimum absolute atomic E-state index is 0.0824. The fourth-order valence-corrected chi connectivity index (χ4v) is 6.34. The maximum absolute atomic E-state index is 6.92. The van der Waals surface area contributed by atoms with E-state index in [1.807, 2.05) is 12.3 Å². The van der Waals surface area contributed by atoms with E-state index in [0.717, 1.165) is 29.4 Å². The van der Waals surface area contributed by atoms with Gasteiger partial charge in [-0.3, -0.25) is 9.88 Å². The molecular formula is C30H33N3O. The third kappa shape index (κ3) is 3.74. The van der Waals surface area contributed by atoms with Crippen molar-refractivity contribution in [2.75, 3.05) is 13.1 Å². The molecule has 5 atom stereocenters. The van der Waals surface area contributed by atoms with Gasteiger partial charge in [-0.15, -0.1) is 0 Å². The van der Waals surface area contributed by atoms with Crippen LogP contribution in [-0.4, -0.2) is 34.0 Å². The van der Waals surface area contributed by atoms with Gasteiger partial charge in [-0.2, -0.15) is 0 Å². The first-order valence-electron chi connectivity index (χ1n) is 12.7. The van der Waals surface area contributed by atoms with Crippen LogP contribution in [0.1, 0.15) is 49.0 Å². The summed E-state index contributed by atoms with van der Waals surface area (Å²) in [5.41, 5.74) is 5.69. The first-order chi connectivity index (χ1) is 16.6. The van der Waals surface area contributed by atoms with Crippen molar-refractivity contribution < 1.29 is 4.74 Å². The molecule has 3 aliphatic rings. The molecule has 5 heterocycles. The highest BCUT2D eigenvalue weighted by Crippen LogP contribution is 2.44. The summed E-state index contributed by atoms with van der Waals surface area (Å²) < 4.78 is 6.92. The molecule has 3 saturated heterocycles. The van der Waals surface area contributed by atoms with E-state index in [2.05, 4.69) is 79.2 Å². The topological polar surface area (TPSA) is 38.2 Å². The van der Waals surface area contributed by atoms with Gasteiger partial charge in [-0.05, 0) is 74.9 Å². The molecular weight excluding hydrogens is 418 g/mol. The molecule has 174 valence electrons. The quantitative estimate of drug-likeness (QED) is 0.341. The van der Waals surface area contributed by atoms with E-state index in [4.69, 9.17) is 9.72 Å². The van der Waals surface area contributed by atoms with E-state index in [9.17, 15) is 0 Å². The Kier molecular flexibility index (Phi) is 5.49. The van der Waals surface area contributed by atoms with Gasteiger partial charge in [0.15, 0.2) is 0 Å². The molecule has 7 rings (SSSR count). The van der Waals surface area contributed by atoms with Gasteiger partial charge >= 0.3 is 0 Å². The molecule has 0 amide bonds. The smallest absolute Gasteiger partial charge is 0.214 e. The van der Waals surface area contributed by atoms with Crippen LogP contribution in [0.4, 0.5) is 0 Å². The second kappa shape index (κ2) is 8.66. The molecule has 34 heavy (non-hydrogen) atoms. The highest BCUT2D eigenvalue weighted by atomic mass is 16.5. The standard InChI is InChI=1S/C30H33N3O/c1-4-21-18-33-14-12-22(21)17-28(33)30(24-11-13-31-26-10-9-19(2)15-25(24)26)34-29-16-20(3)23-7-5-6-8-27(23)32-29/h5-11,13,15-16,21-22,28,30H,4,12,14,17-18H2,1-3H3/t21?,22?,28-,30+/m1/s1. The number of hydrogen-bond acceptors (Lipinski definition) is 4. The molecule has 0 radical (unpaired) electrons. The van der Waals surface area contributed by atoms with Gasteiger partial charge in [0.1, 0.15) is 6.10 Å². The number of nitrogens with zero attached hydrogens (tertiary/aromatic N) is 3. The van der Waals surface area contributed by atoms with Gasteiger partial charge in [0.05, 0.1) is 17.1 Å². The number of piperidine rings is 3. The third-order valence-electron chi connectivity index (χ3n) is 8.19. The molecule has 3 aliphatic heterocycles. The van der Waals surface area contributed by atoms with Crippen LogP contribution in [0.5, 0.6) is 5.88 Å². The number of fused-ring (bicyclic) bond motifs is 5. The van der Waals surface area contributed by atoms with Crippen molar-refractivity contribution in [1.82, 2.24) is 14.9 Å². The molecule has 3 fully saturated rings. The largest absolute Gasteiger partial charge is 0.468 e. The van der Waals surface area contributed by atoms with E-state index < -0.39 is 0 Å². The molecule has 0 saturated carbocycles. The Balaban J connectivity index is 1.46. The van der Waals surface area contributed by atoms with Crippen LogP contribution in [0.2, 0.25) is 0 Å². The van der Waals surface area contributed by atoms with Gasteiger partial charge in [0.25, 0.3) is 0 Å². The Hall–Kier alpha value is -2.98. The van der Waals surface area contributed by atoms with E-state index in [0.29, 0.717) is 11.9 Å². The fourth-order valence-electron chi connectivity index (χ4n) is 6.34. The van der Waals surface area contributed by atoms with Crippen LogP contribution in [0.15, 0.2) is 60.8 Å². The molecule has 2 aromatic carbocycles. The van der Waals surface area contributed by atoms with Gasteiger partial charge in [-0.1, -0.05) is 43.2 Å². The lowest BCUT2D eigenvalue weighted by Gasteiger charge is -2.51. The number of rotatable bonds is 5. The lowest BCUT2D eigenvalue weighted by molar-refractivity contribution is -0.0492. The molecule has 4 aromatic rings. The predicted octanol–water partition coefficient (Wildman–Crippen LogP) is 6.64. The first-order valence-corrected chi connectivity index (χ1v) is 12.7. The van der Waals surface area contributed by atoms with E-state index in [1.54, 1.807) is 0 Å². The second-order valence-corrected chi connectivity index (χ2v) is 10.3. The van der Waals surface area contributed by atoms with E-state index in [1.165, 1.54) is 53.3 Å². The molecule has 4 nitrogen and oxygen atoms in total. The summed E-state index contributed by atoms with van der Waals surface area (Å²) in [6.45, 7) is 8.99. The third-order valence-corrected chi connectivity index (χ3v) is 8.19. The second-order valence-electron chi connectivity index (χ2n) is 10.3. The summed E-state index contributed by atoms with van der Waals surface area (Å²) in [7, 11) is 0. The molecule has 0 spiro atoms. The highest BCUT2D eigenvalue weighted by Gasteiger charge is 2.44. The average molecular weight is 452 g/mol. The lowest BCUT2D eigenvalue weighted by Crippen LogP contribution is -2.56. The summed E-state index contributed by atoms with van der Waals surface area (Å²) in [5, 5.41) is 2.38. The zero-order valence-corrected chi connectivity index (χ0v) is 20.4. The Morgan fingerprint density at radius 2 is 1.91 bits per heavy atom. The van der Waals surface area contributed by atoms with E-state index >= 15 is 0 Å².